The zero-order chi connectivity index (χ0) is 15.4. The summed E-state index contributed by atoms with van der Waals surface area (Å²) in [5, 5.41) is 14.8. The molecule has 0 aliphatic rings. The van der Waals surface area contributed by atoms with E-state index < -0.39 is 6.10 Å². The van der Waals surface area contributed by atoms with Crippen molar-refractivity contribution in [1.82, 2.24) is 9.78 Å². The minimum absolute atomic E-state index is 0.474. The minimum Gasteiger partial charge on any atom is -0.388 e. The molecule has 0 fully saturated rings. The summed E-state index contributed by atoms with van der Waals surface area (Å²) in [6, 6.07) is 10.4. The molecule has 3 heteroatoms. The van der Waals surface area contributed by atoms with E-state index in [0.29, 0.717) is 12.3 Å². The van der Waals surface area contributed by atoms with Gasteiger partial charge in [0.1, 0.15) is 0 Å². The van der Waals surface area contributed by atoms with Crippen LogP contribution in [0.1, 0.15) is 49.4 Å². The number of nitrogens with zero attached hydrogens (tertiary/aromatic N) is 2. The van der Waals surface area contributed by atoms with Gasteiger partial charge >= 0.3 is 0 Å². The summed E-state index contributed by atoms with van der Waals surface area (Å²) in [4.78, 5) is 0. The lowest BCUT2D eigenvalue weighted by Crippen LogP contribution is -2.06. The molecular weight excluding hydrogens is 260 g/mol. The minimum atomic E-state index is -0.474. The Balaban J connectivity index is 2.05. The van der Waals surface area contributed by atoms with Crippen LogP contribution in [0, 0.1) is 5.92 Å². The number of aromatic nitrogens is 2. The molecule has 0 spiro atoms. The molecule has 2 aromatic rings. The molecule has 0 bridgehead atoms. The first-order valence-electron chi connectivity index (χ1n) is 7.78. The lowest BCUT2D eigenvalue weighted by Gasteiger charge is -2.12. The molecule has 2 rings (SSSR count). The standard InChI is InChI=1S/C18H26N2O/c1-5-16-11-17(20(4)19-16)12-18(21)15-8-6-14(7-9-15)10-13(2)3/h6-9,11,13,18,21H,5,10,12H2,1-4H3. The number of benzene rings is 1. The van der Waals surface area contributed by atoms with E-state index in [4.69, 9.17) is 0 Å². The van der Waals surface area contributed by atoms with E-state index >= 15 is 0 Å². The molecule has 114 valence electrons. The van der Waals surface area contributed by atoms with E-state index in [1.54, 1.807) is 0 Å². The van der Waals surface area contributed by atoms with Crippen molar-refractivity contribution in [3.05, 3.63) is 52.8 Å². The topological polar surface area (TPSA) is 38.0 Å². The largest absolute Gasteiger partial charge is 0.388 e. The fraction of sp³-hybridized carbons (Fsp3) is 0.500. The number of hydrogen-bond acceptors (Lipinski definition) is 2. The number of hydrogen-bond donors (Lipinski definition) is 1. The first-order valence-corrected chi connectivity index (χ1v) is 7.78. The summed E-state index contributed by atoms with van der Waals surface area (Å²) in [6.45, 7) is 6.53. The second-order valence-electron chi connectivity index (χ2n) is 6.16. The molecule has 1 aromatic carbocycles. The van der Waals surface area contributed by atoms with E-state index in [1.807, 2.05) is 23.9 Å². The summed E-state index contributed by atoms with van der Waals surface area (Å²) in [7, 11) is 1.94. The Labute approximate surface area is 127 Å². The first-order chi connectivity index (χ1) is 9.99. The molecule has 0 aliphatic carbocycles. The highest BCUT2D eigenvalue weighted by Crippen LogP contribution is 2.20. The first kappa shape index (κ1) is 15.8. The molecule has 1 N–H and O–H groups in total. The molecule has 1 aromatic heterocycles. The van der Waals surface area contributed by atoms with Gasteiger partial charge in [0.2, 0.25) is 0 Å². The van der Waals surface area contributed by atoms with Crippen LogP contribution in [-0.2, 0) is 26.3 Å². The molecule has 0 aliphatic heterocycles. The van der Waals surface area contributed by atoms with Crippen LogP contribution >= 0.6 is 0 Å². The van der Waals surface area contributed by atoms with Crippen LogP contribution in [0.4, 0.5) is 0 Å². The number of aliphatic hydroxyl groups is 1. The van der Waals surface area contributed by atoms with Gasteiger partial charge < -0.3 is 5.11 Å². The van der Waals surface area contributed by atoms with E-state index in [9.17, 15) is 5.11 Å². The summed E-state index contributed by atoms with van der Waals surface area (Å²) in [5.41, 5.74) is 4.45. The highest BCUT2D eigenvalue weighted by atomic mass is 16.3. The highest BCUT2D eigenvalue weighted by molar-refractivity contribution is 5.25. The molecule has 0 saturated carbocycles. The van der Waals surface area contributed by atoms with Crippen molar-refractivity contribution in [3.8, 4) is 0 Å². The molecule has 0 amide bonds. The van der Waals surface area contributed by atoms with Crippen LogP contribution in [0.3, 0.4) is 0 Å². The van der Waals surface area contributed by atoms with Crippen molar-refractivity contribution in [3.63, 3.8) is 0 Å². The monoisotopic (exact) mass is 286 g/mol. The van der Waals surface area contributed by atoms with Gasteiger partial charge in [0.05, 0.1) is 11.8 Å². The smallest absolute Gasteiger partial charge is 0.0845 e. The molecule has 1 heterocycles. The van der Waals surface area contributed by atoms with Gasteiger partial charge in [0.25, 0.3) is 0 Å². The molecule has 3 nitrogen and oxygen atoms in total. The maximum absolute atomic E-state index is 10.4. The van der Waals surface area contributed by atoms with E-state index in [1.165, 1.54) is 5.56 Å². The third-order valence-corrected chi connectivity index (χ3v) is 3.80. The Morgan fingerprint density at radius 2 is 1.81 bits per heavy atom. The van der Waals surface area contributed by atoms with Crippen molar-refractivity contribution in [2.24, 2.45) is 13.0 Å². The van der Waals surface area contributed by atoms with Crippen molar-refractivity contribution < 1.29 is 5.11 Å². The highest BCUT2D eigenvalue weighted by Gasteiger charge is 2.12. The number of aryl methyl sites for hydroxylation is 2. The number of aliphatic hydroxyl groups excluding tert-OH is 1. The fourth-order valence-electron chi connectivity index (χ4n) is 2.60. The van der Waals surface area contributed by atoms with Gasteiger partial charge in [-0.2, -0.15) is 5.10 Å². The third-order valence-electron chi connectivity index (χ3n) is 3.80. The van der Waals surface area contributed by atoms with Crippen LogP contribution in [-0.4, -0.2) is 14.9 Å². The third kappa shape index (κ3) is 4.18. The second-order valence-corrected chi connectivity index (χ2v) is 6.16. The van der Waals surface area contributed by atoms with Gasteiger partial charge in [-0.25, -0.2) is 0 Å². The Kier molecular flexibility index (Phi) is 5.18. The maximum atomic E-state index is 10.4. The average Bonchev–Trinajstić information content (AvgIpc) is 2.79. The van der Waals surface area contributed by atoms with Gasteiger partial charge in [-0.05, 0) is 36.0 Å². The lowest BCUT2D eigenvalue weighted by atomic mass is 9.99. The van der Waals surface area contributed by atoms with Crippen LogP contribution < -0.4 is 0 Å². The van der Waals surface area contributed by atoms with Crippen molar-refractivity contribution in [2.45, 2.75) is 46.1 Å². The van der Waals surface area contributed by atoms with E-state index in [-0.39, 0.29) is 0 Å². The normalized spacial score (nSPS) is 12.9. The molecule has 21 heavy (non-hydrogen) atoms. The van der Waals surface area contributed by atoms with Crippen LogP contribution in [0.25, 0.3) is 0 Å². The van der Waals surface area contributed by atoms with E-state index in [0.717, 1.165) is 29.8 Å². The Morgan fingerprint density at radius 3 is 2.33 bits per heavy atom. The molecule has 0 saturated heterocycles. The van der Waals surface area contributed by atoms with Crippen LogP contribution in [0.15, 0.2) is 30.3 Å². The predicted octanol–water partition coefficient (Wildman–Crippen LogP) is 3.46. The average molecular weight is 286 g/mol. The fourth-order valence-corrected chi connectivity index (χ4v) is 2.60. The van der Waals surface area contributed by atoms with E-state index in [2.05, 4.69) is 44.1 Å². The van der Waals surface area contributed by atoms with Gasteiger partial charge in [0, 0.05) is 19.2 Å². The Hall–Kier alpha value is -1.61. The van der Waals surface area contributed by atoms with Crippen molar-refractivity contribution in [1.29, 1.82) is 0 Å². The molecule has 1 atom stereocenters. The SMILES string of the molecule is CCc1cc(CC(O)c2ccc(CC(C)C)cc2)n(C)n1. The van der Waals surface area contributed by atoms with Crippen molar-refractivity contribution in [2.75, 3.05) is 0 Å². The maximum Gasteiger partial charge on any atom is 0.0845 e. The van der Waals surface area contributed by atoms with Crippen LogP contribution in [0.2, 0.25) is 0 Å². The summed E-state index contributed by atoms with van der Waals surface area (Å²) >= 11 is 0. The zero-order valence-corrected chi connectivity index (χ0v) is 13.5. The van der Waals surface area contributed by atoms with Gasteiger partial charge in [0.15, 0.2) is 0 Å². The summed E-state index contributed by atoms with van der Waals surface area (Å²) < 4.78 is 1.87. The summed E-state index contributed by atoms with van der Waals surface area (Å²) in [6.07, 6.45) is 2.14. The second kappa shape index (κ2) is 6.90. The molecule has 0 radical (unpaired) electrons. The Bertz CT molecular complexity index is 569. The van der Waals surface area contributed by atoms with Gasteiger partial charge in [-0.3, -0.25) is 4.68 Å². The quantitative estimate of drug-likeness (QED) is 0.883. The Morgan fingerprint density at radius 1 is 1.14 bits per heavy atom. The predicted molar refractivity (Wildman–Crippen MR) is 86.2 cm³/mol. The van der Waals surface area contributed by atoms with Gasteiger partial charge in [-0.1, -0.05) is 45.0 Å². The van der Waals surface area contributed by atoms with Crippen molar-refractivity contribution >= 4 is 0 Å². The summed E-state index contributed by atoms with van der Waals surface area (Å²) in [5.74, 6) is 0.655. The van der Waals surface area contributed by atoms with Gasteiger partial charge in [-0.15, -0.1) is 0 Å². The number of rotatable bonds is 6. The molecular formula is C18H26N2O. The zero-order valence-electron chi connectivity index (χ0n) is 13.5. The lowest BCUT2D eigenvalue weighted by molar-refractivity contribution is 0.176. The van der Waals surface area contributed by atoms with Crippen LogP contribution in [0.5, 0.6) is 0 Å². The molecule has 1 unspecified atom stereocenters.